The maximum Gasteiger partial charge on any atom is 0.119 e. The molecule has 0 bridgehead atoms. The lowest BCUT2D eigenvalue weighted by molar-refractivity contribution is 0.281. The minimum atomic E-state index is 0.728. The van der Waals surface area contributed by atoms with Gasteiger partial charge in [-0.15, -0.1) is 0 Å². The van der Waals surface area contributed by atoms with E-state index in [0.29, 0.717) is 0 Å². The quantitative estimate of drug-likeness (QED) is 0.387. The Morgan fingerprint density at radius 3 is 2.34 bits per heavy atom. The average Bonchev–Trinajstić information content (AvgIpc) is 3.21. The van der Waals surface area contributed by atoms with Crippen molar-refractivity contribution in [2.45, 2.75) is 12.2 Å². The second kappa shape index (κ2) is 11.6. The molecule has 3 rings (SSSR count). The van der Waals surface area contributed by atoms with Crippen LogP contribution in [0.2, 0.25) is 0 Å². The molecule has 0 spiro atoms. The topological polar surface area (TPSA) is 26.6 Å². The summed E-state index contributed by atoms with van der Waals surface area (Å²) in [6.07, 6.45) is 5.34. The minimum absolute atomic E-state index is 0.728. The zero-order valence-corrected chi connectivity index (χ0v) is 18.1. The first-order chi connectivity index (χ1) is 14.2. The van der Waals surface area contributed by atoms with Crippen LogP contribution in [0, 0.1) is 0 Å². The molecule has 0 saturated heterocycles. The summed E-state index contributed by atoms with van der Waals surface area (Å²) in [7, 11) is 4.16. The molecule has 154 valence electrons. The highest BCUT2D eigenvalue weighted by Crippen LogP contribution is 2.19. The Bertz CT molecular complexity index is 832. The fourth-order valence-electron chi connectivity index (χ4n) is 2.90. The van der Waals surface area contributed by atoms with Crippen molar-refractivity contribution in [2.24, 2.45) is 0 Å². The molecule has 0 aliphatic carbocycles. The van der Waals surface area contributed by atoms with Crippen LogP contribution < -0.4 is 9.47 Å². The summed E-state index contributed by atoms with van der Waals surface area (Å²) in [5, 5.41) is 0. The van der Waals surface area contributed by atoms with Crippen molar-refractivity contribution in [1.82, 2.24) is 9.47 Å². The van der Waals surface area contributed by atoms with Gasteiger partial charge in [-0.05, 0) is 68.5 Å². The minimum Gasteiger partial charge on any atom is -0.494 e. The molecule has 1 aromatic heterocycles. The standard InChI is InChI=1S/C24H30N2O2S/c1-25(2)14-6-16-27-24-11-9-22(10-12-24)26-15-13-21(19-26)20-29-18-17-28-23-7-4-3-5-8-23/h3-5,7-13,15,19H,6,14,16-18,20H2,1-2H3. The van der Waals surface area contributed by atoms with Gasteiger partial charge in [0.2, 0.25) is 0 Å². The van der Waals surface area contributed by atoms with Gasteiger partial charge in [0.05, 0.1) is 13.2 Å². The van der Waals surface area contributed by atoms with Gasteiger partial charge in [0.15, 0.2) is 0 Å². The van der Waals surface area contributed by atoms with Crippen molar-refractivity contribution in [3.05, 3.63) is 78.6 Å². The molecule has 0 aliphatic rings. The number of hydrogen-bond donors (Lipinski definition) is 0. The van der Waals surface area contributed by atoms with Crippen molar-refractivity contribution in [3.8, 4) is 17.2 Å². The predicted molar refractivity (Wildman–Crippen MR) is 123 cm³/mol. The number of thioether (sulfide) groups is 1. The fourth-order valence-corrected chi connectivity index (χ4v) is 3.65. The molecule has 3 aromatic rings. The summed E-state index contributed by atoms with van der Waals surface area (Å²) < 4.78 is 13.7. The van der Waals surface area contributed by atoms with E-state index in [4.69, 9.17) is 9.47 Å². The molecule has 0 fully saturated rings. The largest absolute Gasteiger partial charge is 0.494 e. The Morgan fingerprint density at radius 1 is 0.862 bits per heavy atom. The van der Waals surface area contributed by atoms with E-state index in [-0.39, 0.29) is 0 Å². The molecule has 29 heavy (non-hydrogen) atoms. The number of rotatable bonds is 12. The van der Waals surface area contributed by atoms with Gasteiger partial charge in [0.25, 0.3) is 0 Å². The van der Waals surface area contributed by atoms with Crippen LogP contribution in [0.15, 0.2) is 73.1 Å². The monoisotopic (exact) mass is 410 g/mol. The van der Waals surface area contributed by atoms with Crippen LogP contribution in [0.3, 0.4) is 0 Å². The molecule has 0 atom stereocenters. The third-order valence-corrected chi connectivity index (χ3v) is 5.41. The van der Waals surface area contributed by atoms with E-state index in [1.165, 1.54) is 5.56 Å². The molecule has 0 saturated carbocycles. The summed E-state index contributed by atoms with van der Waals surface area (Å²) in [5.41, 5.74) is 2.47. The molecule has 0 aliphatic heterocycles. The molecule has 0 unspecified atom stereocenters. The van der Waals surface area contributed by atoms with Crippen LogP contribution in [-0.2, 0) is 5.75 Å². The van der Waals surface area contributed by atoms with Gasteiger partial charge in [-0.3, -0.25) is 0 Å². The molecule has 4 nitrogen and oxygen atoms in total. The lowest BCUT2D eigenvalue weighted by Gasteiger charge is -2.11. The predicted octanol–water partition coefficient (Wildman–Crippen LogP) is 5.12. The molecular weight excluding hydrogens is 380 g/mol. The molecule has 1 heterocycles. The van der Waals surface area contributed by atoms with Gasteiger partial charge in [-0.25, -0.2) is 0 Å². The van der Waals surface area contributed by atoms with Gasteiger partial charge in [-0.2, -0.15) is 11.8 Å². The van der Waals surface area contributed by atoms with Crippen molar-refractivity contribution >= 4 is 11.8 Å². The molecule has 5 heteroatoms. The summed E-state index contributed by atoms with van der Waals surface area (Å²) >= 11 is 1.89. The fraction of sp³-hybridized carbons (Fsp3) is 0.333. The first-order valence-corrected chi connectivity index (χ1v) is 11.2. The van der Waals surface area contributed by atoms with Crippen LogP contribution in [0.4, 0.5) is 0 Å². The Morgan fingerprint density at radius 2 is 1.59 bits per heavy atom. The molecule has 0 amide bonds. The summed E-state index contributed by atoms with van der Waals surface area (Å²) in [6, 6.07) is 20.4. The highest BCUT2D eigenvalue weighted by Gasteiger charge is 2.02. The molecule has 2 aromatic carbocycles. The highest BCUT2D eigenvalue weighted by atomic mass is 32.2. The normalized spacial score (nSPS) is 11.0. The SMILES string of the molecule is CN(C)CCCOc1ccc(-n2ccc(CSCCOc3ccccc3)c2)cc1. The van der Waals surface area contributed by atoms with E-state index in [0.717, 1.165) is 54.9 Å². The van der Waals surface area contributed by atoms with Crippen molar-refractivity contribution in [2.75, 3.05) is 39.6 Å². The van der Waals surface area contributed by atoms with Gasteiger partial charge >= 0.3 is 0 Å². The van der Waals surface area contributed by atoms with Crippen LogP contribution in [-0.4, -0.2) is 49.1 Å². The highest BCUT2D eigenvalue weighted by molar-refractivity contribution is 7.98. The summed E-state index contributed by atoms with van der Waals surface area (Å²) in [6.45, 7) is 2.52. The molecule has 0 radical (unpaired) electrons. The van der Waals surface area contributed by atoms with Gasteiger partial charge in [0, 0.05) is 36.1 Å². The number of benzene rings is 2. The van der Waals surface area contributed by atoms with E-state index in [9.17, 15) is 0 Å². The number of ether oxygens (including phenoxy) is 2. The van der Waals surface area contributed by atoms with E-state index in [2.05, 4.69) is 54.2 Å². The van der Waals surface area contributed by atoms with Crippen LogP contribution in [0.25, 0.3) is 5.69 Å². The number of nitrogens with zero attached hydrogens (tertiary/aromatic N) is 2. The van der Waals surface area contributed by atoms with Crippen molar-refractivity contribution in [1.29, 1.82) is 0 Å². The van der Waals surface area contributed by atoms with Crippen molar-refractivity contribution < 1.29 is 9.47 Å². The second-order valence-corrected chi connectivity index (χ2v) is 8.25. The number of para-hydroxylation sites is 1. The van der Waals surface area contributed by atoms with Crippen molar-refractivity contribution in [3.63, 3.8) is 0 Å². The van der Waals surface area contributed by atoms with Gasteiger partial charge in [-0.1, -0.05) is 18.2 Å². The zero-order chi connectivity index (χ0) is 20.3. The molecule has 0 N–H and O–H groups in total. The third-order valence-electron chi connectivity index (χ3n) is 4.42. The number of hydrogen-bond acceptors (Lipinski definition) is 4. The van der Waals surface area contributed by atoms with Crippen LogP contribution in [0.1, 0.15) is 12.0 Å². The van der Waals surface area contributed by atoms with E-state index in [1.807, 2.05) is 54.2 Å². The Hall–Kier alpha value is -2.37. The Balaban J connectivity index is 1.38. The molecular formula is C24H30N2O2S. The van der Waals surface area contributed by atoms with Crippen LogP contribution in [0.5, 0.6) is 11.5 Å². The maximum atomic E-state index is 5.81. The lowest BCUT2D eigenvalue weighted by atomic mass is 10.3. The first-order valence-electron chi connectivity index (χ1n) is 10.0. The smallest absolute Gasteiger partial charge is 0.119 e. The second-order valence-electron chi connectivity index (χ2n) is 7.14. The zero-order valence-electron chi connectivity index (χ0n) is 17.3. The summed E-state index contributed by atoms with van der Waals surface area (Å²) in [5.74, 6) is 3.82. The lowest BCUT2D eigenvalue weighted by Crippen LogP contribution is -2.15. The van der Waals surface area contributed by atoms with Gasteiger partial charge < -0.3 is 18.9 Å². The van der Waals surface area contributed by atoms with E-state index < -0.39 is 0 Å². The Kier molecular flexibility index (Phi) is 8.53. The van der Waals surface area contributed by atoms with Gasteiger partial charge in [0.1, 0.15) is 11.5 Å². The maximum absolute atomic E-state index is 5.81. The summed E-state index contributed by atoms with van der Waals surface area (Å²) in [4.78, 5) is 2.17. The van der Waals surface area contributed by atoms with E-state index >= 15 is 0 Å². The Labute approximate surface area is 178 Å². The first kappa shape index (κ1) is 21.3. The van der Waals surface area contributed by atoms with E-state index in [1.54, 1.807) is 0 Å². The third kappa shape index (κ3) is 7.52. The number of aromatic nitrogens is 1. The average molecular weight is 411 g/mol. The van der Waals surface area contributed by atoms with Crippen LogP contribution >= 0.6 is 11.8 Å².